The highest BCUT2D eigenvalue weighted by atomic mass is 16.5. The molecule has 0 bridgehead atoms. The molecule has 1 amide bonds. The highest BCUT2D eigenvalue weighted by molar-refractivity contribution is 5.97. The fourth-order valence-electron chi connectivity index (χ4n) is 2.67. The number of para-hydroxylation sites is 1. The summed E-state index contributed by atoms with van der Waals surface area (Å²) < 4.78 is 5.73. The molecule has 0 radical (unpaired) electrons. The van der Waals surface area contributed by atoms with Crippen molar-refractivity contribution in [3.05, 3.63) is 64.7 Å². The van der Waals surface area contributed by atoms with E-state index < -0.39 is 0 Å². The Morgan fingerprint density at radius 2 is 1.74 bits per heavy atom. The van der Waals surface area contributed by atoms with Gasteiger partial charge in [-0.05, 0) is 57.9 Å². The van der Waals surface area contributed by atoms with Crippen LogP contribution >= 0.6 is 0 Å². The maximum Gasteiger partial charge on any atom is 0.255 e. The summed E-state index contributed by atoms with van der Waals surface area (Å²) in [6.07, 6.45) is 0.0284. The second-order valence-corrected chi connectivity index (χ2v) is 6.22. The van der Waals surface area contributed by atoms with Crippen molar-refractivity contribution >= 4 is 5.91 Å². The van der Waals surface area contributed by atoms with Crippen molar-refractivity contribution < 1.29 is 9.53 Å². The number of aryl methyl sites for hydroxylation is 2. The van der Waals surface area contributed by atoms with E-state index in [4.69, 9.17) is 4.74 Å². The maximum atomic E-state index is 12.6. The Kier molecular flexibility index (Phi) is 5.43. The quantitative estimate of drug-likeness (QED) is 0.877. The summed E-state index contributed by atoms with van der Waals surface area (Å²) in [5.74, 6) is 0.501. The fraction of sp³-hybridized carbons (Fsp3) is 0.350. The first-order valence-electron chi connectivity index (χ1n) is 8.02. The van der Waals surface area contributed by atoms with E-state index in [1.54, 1.807) is 6.07 Å². The summed E-state index contributed by atoms with van der Waals surface area (Å²) >= 11 is 0. The molecule has 0 aromatic heterocycles. The van der Waals surface area contributed by atoms with Gasteiger partial charge in [0.15, 0.2) is 0 Å². The van der Waals surface area contributed by atoms with E-state index in [9.17, 15) is 4.79 Å². The molecule has 1 N–H and O–H groups in total. The lowest BCUT2D eigenvalue weighted by atomic mass is 10.00. The summed E-state index contributed by atoms with van der Waals surface area (Å²) in [6, 6.07) is 13.6. The lowest BCUT2D eigenvalue weighted by molar-refractivity contribution is 0.0934. The summed E-state index contributed by atoms with van der Waals surface area (Å²) in [5.41, 5.74) is 4.11. The predicted octanol–water partition coefficient (Wildman–Crippen LogP) is 4.58. The number of nitrogens with one attached hydrogen (secondary N) is 1. The zero-order chi connectivity index (χ0) is 17.0. The molecule has 23 heavy (non-hydrogen) atoms. The molecule has 0 aliphatic carbocycles. The molecule has 0 heterocycles. The first-order chi connectivity index (χ1) is 10.9. The third kappa shape index (κ3) is 4.35. The summed E-state index contributed by atoms with van der Waals surface area (Å²) in [5, 5.41) is 3.07. The van der Waals surface area contributed by atoms with E-state index in [2.05, 4.69) is 37.4 Å². The van der Waals surface area contributed by atoms with Gasteiger partial charge < -0.3 is 10.1 Å². The standard InChI is InChI=1S/C20H25NO2/c1-13(2)23-19-9-7-6-8-18(19)20(22)21-16(5)17-11-10-14(3)12-15(17)4/h6-13,16H,1-5H3,(H,21,22)/t16-/m1/s1. The number of ether oxygens (including phenoxy) is 1. The average molecular weight is 311 g/mol. The van der Waals surface area contributed by atoms with Crippen LogP contribution < -0.4 is 10.1 Å². The Labute approximate surface area is 138 Å². The third-order valence-corrected chi connectivity index (χ3v) is 3.73. The Hall–Kier alpha value is -2.29. The molecule has 3 nitrogen and oxygen atoms in total. The van der Waals surface area contributed by atoms with Gasteiger partial charge in [-0.15, -0.1) is 0 Å². The van der Waals surface area contributed by atoms with Gasteiger partial charge in [-0.2, -0.15) is 0 Å². The van der Waals surface area contributed by atoms with Crippen LogP contribution in [0.1, 0.15) is 53.9 Å². The Morgan fingerprint density at radius 1 is 1.04 bits per heavy atom. The molecule has 2 rings (SSSR count). The van der Waals surface area contributed by atoms with E-state index in [0.29, 0.717) is 11.3 Å². The highest BCUT2D eigenvalue weighted by Crippen LogP contribution is 2.22. The van der Waals surface area contributed by atoms with Crippen molar-refractivity contribution in [1.82, 2.24) is 5.32 Å². The van der Waals surface area contributed by atoms with Gasteiger partial charge in [0.2, 0.25) is 0 Å². The van der Waals surface area contributed by atoms with Crippen molar-refractivity contribution in [2.75, 3.05) is 0 Å². The summed E-state index contributed by atoms with van der Waals surface area (Å²) in [7, 11) is 0. The van der Waals surface area contributed by atoms with Crippen LogP contribution in [0.15, 0.2) is 42.5 Å². The Balaban J connectivity index is 2.18. The number of hydrogen-bond donors (Lipinski definition) is 1. The van der Waals surface area contributed by atoms with Crippen LogP contribution in [0.25, 0.3) is 0 Å². The largest absolute Gasteiger partial charge is 0.490 e. The molecule has 0 aliphatic rings. The number of benzene rings is 2. The number of carbonyl (C=O) groups excluding carboxylic acids is 1. The number of amides is 1. The zero-order valence-corrected chi connectivity index (χ0v) is 14.5. The predicted molar refractivity (Wildman–Crippen MR) is 94.0 cm³/mol. The summed E-state index contributed by atoms with van der Waals surface area (Å²) in [6.45, 7) is 10.0. The second kappa shape index (κ2) is 7.32. The van der Waals surface area contributed by atoms with E-state index in [-0.39, 0.29) is 18.1 Å². The van der Waals surface area contributed by atoms with Crippen molar-refractivity contribution in [2.45, 2.75) is 46.8 Å². The van der Waals surface area contributed by atoms with Crippen molar-refractivity contribution in [3.8, 4) is 5.75 Å². The van der Waals surface area contributed by atoms with Crippen LogP contribution in [0.2, 0.25) is 0 Å². The second-order valence-electron chi connectivity index (χ2n) is 6.22. The molecule has 0 aliphatic heterocycles. The fourth-order valence-corrected chi connectivity index (χ4v) is 2.67. The van der Waals surface area contributed by atoms with Gasteiger partial charge in [-0.25, -0.2) is 0 Å². The van der Waals surface area contributed by atoms with Gasteiger partial charge in [0.05, 0.1) is 17.7 Å². The molecule has 1 atom stereocenters. The van der Waals surface area contributed by atoms with Crippen LogP contribution in [-0.4, -0.2) is 12.0 Å². The Morgan fingerprint density at radius 3 is 2.39 bits per heavy atom. The molecule has 0 saturated carbocycles. The molecular weight excluding hydrogens is 286 g/mol. The normalized spacial score (nSPS) is 12.1. The zero-order valence-electron chi connectivity index (χ0n) is 14.5. The Bertz CT molecular complexity index is 692. The minimum absolute atomic E-state index is 0.0284. The lowest BCUT2D eigenvalue weighted by Gasteiger charge is -2.19. The first kappa shape index (κ1) is 17.1. The van der Waals surface area contributed by atoms with Crippen LogP contribution in [-0.2, 0) is 0 Å². The first-order valence-corrected chi connectivity index (χ1v) is 8.02. The van der Waals surface area contributed by atoms with Gasteiger partial charge in [-0.3, -0.25) is 4.79 Å². The molecule has 0 spiro atoms. The van der Waals surface area contributed by atoms with E-state index >= 15 is 0 Å². The molecule has 0 unspecified atom stereocenters. The van der Waals surface area contributed by atoms with Gasteiger partial charge >= 0.3 is 0 Å². The molecule has 2 aromatic carbocycles. The van der Waals surface area contributed by atoms with Crippen LogP contribution in [0.3, 0.4) is 0 Å². The molecule has 0 fully saturated rings. The van der Waals surface area contributed by atoms with Gasteiger partial charge in [0.25, 0.3) is 5.91 Å². The minimum atomic E-state index is -0.117. The van der Waals surface area contributed by atoms with Crippen molar-refractivity contribution in [1.29, 1.82) is 0 Å². The summed E-state index contributed by atoms with van der Waals surface area (Å²) in [4.78, 5) is 12.6. The smallest absolute Gasteiger partial charge is 0.255 e. The van der Waals surface area contributed by atoms with E-state index in [1.807, 2.05) is 39.0 Å². The number of hydrogen-bond acceptors (Lipinski definition) is 2. The van der Waals surface area contributed by atoms with Crippen molar-refractivity contribution in [2.24, 2.45) is 0 Å². The van der Waals surface area contributed by atoms with Gasteiger partial charge in [0.1, 0.15) is 5.75 Å². The number of rotatable bonds is 5. The molecule has 3 heteroatoms. The van der Waals surface area contributed by atoms with E-state index in [0.717, 1.165) is 5.56 Å². The van der Waals surface area contributed by atoms with Gasteiger partial charge in [0, 0.05) is 0 Å². The minimum Gasteiger partial charge on any atom is -0.490 e. The number of carbonyl (C=O) groups is 1. The van der Waals surface area contributed by atoms with Crippen LogP contribution in [0.5, 0.6) is 5.75 Å². The molecular formula is C20H25NO2. The topological polar surface area (TPSA) is 38.3 Å². The third-order valence-electron chi connectivity index (χ3n) is 3.73. The van der Waals surface area contributed by atoms with Crippen LogP contribution in [0, 0.1) is 13.8 Å². The maximum absolute atomic E-state index is 12.6. The monoisotopic (exact) mass is 311 g/mol. The van der Waals surface area contributed by atoms with Crippen LogP contribution in [0.4, 0.5) is 0 Å². The molecule has 2 aromatic rings. The molecule has 122 valence electrons. The van der Waals surface area contributed by atoms with Gasteiger partial charge in [-0.1, -0.05) is 35.9 Å². The average Bonchev–Trinajstić information content (AvgIpc) is 2.46. The van der Waals surface area contributed by atoms with E-state index in [1.165, 1.54) is 11.1 Å². The lowest BCUT2D eigenvalue weighted by Crippen LogP contribution is -2.27. The SMILES string of the molecule is Cc1ccc([C@@H](C)NC(=O)c2ccccc2OC(C)C)c(C)c1. The highest BCUT2D eigenvalue weighted by Gasteiger charge is 2.17. The van der Waals surface area contributed by atoms with Crippen molar-refractivity contribution in [3.63, 3.8) is 0 Å². The molecule has 0 saturated heterocycles.